The monoisotopic (exact) mass is 317 g/mol. The SMILES string of the molecule is CC1=Nc2cc(C)nn2C(C)C1(C)CC1=CC=C(Cl)[C@@H](C)C1. The van der Waals surface area contributed by atoms with Crippen molar-refractivity contribution in [2.24, 2.45) is 16.3 Å². The Hall–Kier alpha value is -1.35. The summed E-state index contributed by atoms with van der Waals surface area (Å²) in [4.78, 5) is 4.82. The lowest BCUT2D eigenvalue weighted by atomic mass is 9.71. The third-order valence-electron chi connectivity index (χ3n) is 5.35. The predicted molar refractivity (Wildman–Crippen MR) is 93.0 cm³/mol. The van der Waals surface area contributed by atoms with E-state index in [-0.39, 0.29) is 5.41 Å². The molecule has 2 aliphatic rings. The highest BCUT2D eigenvalue weighted by atomic mass is 35.5. The van der Waals surface area contributed by atoms with Crippen LogP contribution < -0.4 is 0 Å². The topological polar surface area (TPSA) is 30.2 Å². The third kappa shape index (κ3) is 2.45. The predicted octanol–water partition coefficient (Wildman–Crippen LogP) is 5.34. The molecule has 0 amide bonds. The molecule has 1 aromatic rings. The van der Waals surface area contributed by atoms with Crippen LogP contribution in [0.2, 0.25) is 0 Å². The van der Waals surface area contributed by atoms with Gasteiger partial charge in [0.05, 0.1) is 11.7 Å². The molecule has 0 saturated heterocycles. The van der Waals surface area contributed by atoms with Gasteiger partial charge in [0.2, 0.25) is 0 Å². The molecule has 1 aliphatic carbocycles. The largest absolute Gasteiger partial charge is 0.244 e. The summed E-state index contributed by atoms with van der Waals surface area (Å²) in [6.07, 6.45) is 6.29. The number of aryl methyl sites for hydroxylation is 1. The maximum atomic E-state index is 6.22. The molecule has 0 radical (unpaired) electrons. The Balaban J connectivity index is 1.93. The second-order valence-electron chi connectivity index (χ2n) is 7.04. The van der Waals surface area contributed by atoms with E-state index < -0.39 is 0 Å². The van der Waals surface area contributed by atoms with Crippen LogP contribution in [0, 0.1) is 18.3 Å². The van der Waals surface area contributed by atoms with Crippen LogP contribution in [-0.2, 0) is 0 Å². The zero-order valence-electron chi connectivity index (χ0n) is 14.0. The molecule has 2 heterocycles. The van der Waals surface area contributed by atoms with Gasteiger partial charge in [0.1, 0.15) is 0 Å². The number of aromatic nitrogens is 2. The number of hydrogen-bond acceptors (Lipinski definition) is 2. The summed E-state index contributed by atoms with van der Waals surface area (Å²) in [5, 5.41) is 5.60. The highest BCUT2D eigenvalue weighted by molar-refractivity contribution is 6.30. The minimum Gasteiger partial charge on any atom is -0.244 e. The van der Waals surface area contributed by atoms with Crippen LogP contribution in [0.1, 0.15) is 52.3 Å². The van der Waals surface area contributed by atoms with Crippen molar-refractivity contribution >= 4 is 23.1 Å². The maximum absolute atomic E-state index is 6.22. The minimum atomic E-state index is -0.00529. The van der Waals surface area contributed by atoms with E-state index in [1.807, 2.05) is 6.92 Å². The van der Waals surface area contributed by atoms with Crippen LogP contribution >= 0.6 is 11.6 Å². The molecule has 0 N–H and O–H groups in total. The standard InChI is InChI=1S/C18H24ClN3/c1-11-8-15(6-7-16(11)19)10-18(5)13(3)20-17-9-12(2)21-22(17)14(18)4/h6-7,9,11,14H,8,10H2,1-5H3/t11-,14?,18?/m0/s1. The van der Waals surface area contributed by atoms with Crippen LogP contribution in [0.5, 0.6) is 0 Å². The normalized spacial score (nSPS) is 31.3. The lowest BCUT2D eigenvalue weighted by Crippen LogP contribution is -2.38. The average Bonchev–Trinajstić information content (AvgIpc) is 2.81. The second kappa shape index (κ2) is 5.38. The fourth-order valence-electron chi connectivity index (χ4n) is 3.54. The van der Waals surface area contributed by atoms with Gasteiger partial charge in [0.25, 0.3) is 0 Å². The van der Waals surface area contributed by atoms with Crippen LogP contribution in [0.25, 0.3) is 0 Å². The average molecular weight is 318 g/mol. The van der Waals surface area contributed by atoms with Gasteiger partial charge in [-0.25, -0.2) is 9.67 Å². The zero-order valence-corrected chi connectivity index (χ0v) is 14.8. The van der Waals surface area contributed by atoms with Gasteiger partial charge in [-0.15, -0.1) is 0 Å². The van der Waals surface area contributed by atoms with Crippen molar-refractivity contribution in [3.8, 4) is 0 Å². The summed E-state index contributed by atoms with van der Waals surface area (Å²) in [5.41, 5.74) is 3.67. The first kappa shape index (κ1) is 15.5. The fraction of sp³-hybridized carbons (Fsp3) is 0.556. The highest BCUT2D eigenvalue weighted by Gasteiger charge is 2.40. The lowest BCUT2D eigenvalue weighted by Gasteiger charge is -2.40. The number of hydrogen-bond donors (Lipinski definition) is 0. The van der Waals surface area contributed by atoms with Crippen molar-refractivity contribution in [3.05, 3.63) is 34.5 Å². The van der Waals surface area contributed by atoms with Crippen molar-refractivity contribution in [2.75, 3.05) is 0 Å². The lowest BCUT2D eigenvalue weighted by molar-refractivity contribution is 0.268. The first-order valence-corrected chi connectivity index (χ1v) is 8.36. The maximum Gasteiger partial charge on any atom is 0.150 e. The molecule has 1 aliphatic heterocycles. The summed E-state index contributed by atoms with van der Waals surface area (Å²) in [7, 11) is 0. The van der Waals surface area contributed by atoms with Crippen LogP contribution in [0.15, 0.2) is 33.8 Å². The van der Waals surface area contributed by atoms with Gasteiger partial charge in [-0.2, -0.15) is 5.10 Å². The Morgan fingerprint density at radius 1 is 1.32 bits per heavy atom. The quantitative estimate of drug-likeness (QED) is 0.723. The summed E-state index contributed by atoms with van der Waals surface area (Å²) >= 11 is 6.22. The fourth-order valence-corrected chi connectivity index (χ4v) is 3.68. The number of nitrogens with zero attached hydrogens (tertiary/aromatic N) is 3. The molecule has 22 heavy (non-hydrogen) atoms. The molecule has 1 aromatic heterocycles. The molecule has 0 spiro atoms. The highest BCUT2D eigenvalue weighted by Crippen LogP contribution is 2.46. The van der Waals surface area contributed by atoms with Crippen molar-refractivity contribution in [1.29, 1.82) is 0 Å². The molecule has 0 bridgehead atoms. The second-order valence-corrected chi connectivity index (χ2v) is 7.47. The Labute approximate surface area is 137 Å². The van der Waals surface area contributed by atoms with Gasteiger partial charge in [-0.1, -0.05) is 37.1 Å². The summed E-state index contributed by atoms with van der Waals surface area (Å²) < 4.78 is 2.08. The molecule has 2 unspecified atom stereocenters. The number of aliphatic imine (C=N–C) groups is 1. The van der Waals surface area contributed by atoms with Crippen molar-refractivity contribution < 1.29 is 0 Å². The van der Waals surface area contributed by atoms with Crippen LogP contribution in [-0.4, -0.2) is 15.5 Å². The van der Waals surface area contributed by atoms with E-state index in [4.69, 9.17) is 16.6 Å². The molecule has 0 fully saturated rings. The Kier molecular flexibility index (Phi) is 3.80. The summed E-state index contributed by atoms with van der Waals surface area (Å²) in [6.45, 7) is 10.9. The zero-order chi connectivity index (χ0) is 16.1. The number of fused-ring (bicyclic) bond motifs is 1. The Bertz CT molecular complexity index is 695. The molecule has 3 rings (SSSR count). The summed E-state index contributed by atoms with van der Waals surface area (Å²) in [5.74, 6) is 1.40. The molecule has 118 valence electrons. The van der Waals surface area contributed by atoms with Gasteiger partial charge < -0.3 is 0 Å². The van der Waals surface area contributed by atoms with Gasteiger partial charge in [0, 0.05) is 22.2 Å². The van der Waals surface area contributed by atoms with E-state index in [0.717, 1.165) is 29.4 Å². The van der Waals surface area contributed by atoms with Crippen LogP contribution in [0.4, 0.5) is 5.82 Å². The Morgan fingerprint density at radius 3 is 2.73 bits per heavy atom. The summed E-state index contributed by atoms with van der Waals surface area (Å²) in [6, 6.07) is 2.36. The molecular weight excluding hydrogens is 294 g/mol. The van der Waals surface area contributed by atoms with Crippen molar-refractivity contribution in [1.82, 2.24) is 9.78 Å². The van der Waals surface area contributed by atoms with Crippen molar-refractivity contribution in [3.63, 3.8) is 0 Å². The van der Waals surface area contributed by atoms with E-state index in [2.05, 4.69) is 55.7 Å². The number of rotatable bonds is 2. The first-order chi connectivity index (χ1) is 10.3. The van der Waals surface area contributed by atoms with Crippen LogP contribution in [0.3, 0.4) is 0 Å². The van der Waals surface area contributed by atoms with E-state index in [1.165, 1.54) is 11.3 Å². The van der Waals surface area contributed by atoms with Crippen molar-refractivity contribution in [2.45, 2.75) is 53.5 Å². The Morgan fingerprint density at radius 2 is 2.05 bits per heavy atom. The van der Waals surface area contributed by atoms with E-state index in [1.54, 1.807) is 0 Å². The van der Waals surface area contributed by atoms with Gasteiger partial charge in [0.15, 0.2) is 5.82 Å². The van der Waals surface area contributed by atoms with E-state index in [9.17, 15) is 0 Å². The van der Waals surface area contributed by atoms with E-state index in [0.29, 0.717) is 12.0 Å². The molecule has 0 aromatic carbocycles. The van der Waals surface area contributed by atoms with Gasteiger partial charge >= 0.3 is 0 Å². The minimum absolute atomic E-state index is 0.00529. The number of halogens is 1. The van der Waals surface area contributed by atoms with Gasteiger partial charge in [-0.05, 0) is 45.6 Å². The van der Waals surface area contributed by atoms with Gasteiger partial charge in [-0.3, -0.25) is 0 Å². The number of allylic oxidation sites excluding steroid dienone is 4. The first-order valence-electron chi connectivity index (χ1n) is 7.98. The third-order valence-corrected chi connectivity index (χ3v) is 5.85. The molecule has 0 saturated carbocycles. The smallest absolute Gasteiger partial charge is 0.150 e. The molecule has 4 heteroatoms. The van der Waals surface area contributed by atoms with E-state index >= 15 is 0 Å². The molecular formula is C18H24ClN3. The molecule has 3 nitrogen and oxygen atoms in total. The molecule has 3 atom stereocenters.